The average molecular weight is 280 g/mol. The quantitative estimate of drug-likeness (QED) is 0.823. The van der Waals surface area contributed by atoms with Crippen LogP contribution in [0.15, 0.2) is 0 Å². The SMILES string of the molecule is CC1CCC(C(C)(C)C2CCOC3(CCC3)C2)C(O)C1. The molecule has 0 aromatic heterocycles. The number of hydrogen-bond donors (Lipinski definition) is 1. The molecule has 0 amide bonds. The molecule has 1 heterocycles. The van der Waals surface area contributed by atoms with Gasteiger partial charge in [-0.25, -0.2) is 0 Å². The minimum atomic E-state index is -0.0889. The maximum Gasteiger partial charge on any atom is 0.0685 e. The molecule has 4 atom stereocenters. The summed E-state index contributed by atoms with van der Waals surface area (Å²) in [6, 6.07) is 0. The molecule has 0 bridgehead atoms. The Balaban J connectivity index is 1.70. The van der Waals surface area contributed by atoms with E-state index in [9.17, 15) is 5.11 Å². The molecular formula is C18H32O2. The molecule has 1 N–H and O–H groups in total. The third-order valence-electron chi connectivity index (χ3n) is 6.84. The van der Waals surface area contributed by atoms with Crippen molar-refractivity contribution in [2.75, 3.05) is 6.61 Å². The third-order valence-corrected chi connectivity index (χ3v) is 6.84. The highest BCUT2D eigenvalue weighted by Crippen LogP contribution is 2.53. The second-order valence-electron chi connectivity index (χ2n) is 8.49. The fraction of sp³-hybridized carbons (Fsp3) is 1.00. The van der Waals surface area contributed by atoms with Gasteiger partial charge in [0.1, 0.15) is 0 Å². The predicted molar refractivity (Wildman–Crippen MR) is 81.6 cm³/mol. The normalized spacial score (nSPS) is 41.4. The van der Waals surface area contributed by atoms with Crippen LogP contribution in [0.2, 0.25) is 0 Å². The van der Waals surface area contributed by atoms with Crippen LogP contribution in [0.25, 0.3) is 0 Å². The largest absolute Gasteiger partial charge is 0.393 e. The van der Waals surface area contributed by atoms with Gasteiger partial charge in [-0.05, 0) is 68.1 Å². The van der Waals surface area contributed by atoms with Gasteiger partial charge in [0, 0.05) is 6.61 Å². The zero-order valence-electron chi connectivity index (χ0n) is 13.5. The van der Waals surface area contributed by atoms with E-state index in [1.165, 1.54) is 44.9 Å². The van der Waals surface area contributed by atoms with Gasteiger partial charge in [0.15, 0.2) is 0 Å². The van der Waals surface area contributed by atoms with Crippen LogP contribution >= 0.6 is 0 Å². The van der Waals surface area contributed by atoms with Crippen LogP contribution in [0.1, 0.15) is 72.1 Å². The van der Waals surface area contributed by atoms with Crippen LogP contribution in [0.4, 0.5) is 0 Å². The van der Waals surface area contributed by atoms with Crippen molar-refractivity contribution < 1.29 is 9.84 Å². The first-order valence-electron chi connectivity index (χ1n) is 8.75. The first-order chi connectivity index (χ1) is 9.43. The van der Waals surface area contributed by atoms with E-state index < -0.39 is 0 Å². The van der Waals surface area contributed by atoms with E-state index in [1.54, 1.807) is 0 Å². The maximum atomic E-state index is 10.6. The summed E-state index contributed by atoms with van der Waals surface area (Å²) in [5, 5.41) is 10.6. The Labute approximate surface area is 124 Å². The number of aliphatic hydroxyl groups is 1. The Morgan fingerprint density at radius 3 is 2.50 bits per heavy atom. The molecule has 2 aliphatic carbocycles. The summed E-state index contributed by atoms with van der Waals surface area (Å²) in [5.74, 6) is 1.91. The molecule has 1 aliphatic heterocycles. The number of ether oxygens (including phenoxy) is 1. The maximum absolute atomic E-state index is 10.6. The Kier molecular flexibility index (Phi) is 3.92. The van der Waals surface area contributed by atoms with Crippen molar-refractivity contribution >= 4 is 0 Å². The summed E-state index contributed by atoms with van der Waals surface area (Å²) in [4.78, 5) is 0. The van der Waals surface area contributed by atoms with Crippen LogP contribution in [0.5, 0.6) is 0 Å². The summed E-state index contributed by atoms with van der Waals surface area (Å²) >= 11 is 0. The molecule has 3 rings (SSSR count). The van der Waals surface area contributed by atoms with Gasteiger partial charge >= 0.3 is 0 Å². The van der Waals surface area contributed by atoms with Crippen molar-refractivity contribution in [3.8, 4) is 0 Å². The second kappa shape index (κ2) is 5.28. The summed E-state index contributed by atoms with van der Waals surface area (Å²) in [5.41, 5.74) is 0.485. The molecule has 116 valence electrons. The van der Waals surface area contributed by atoms with Crippen molar-refractivity contribution in [1.29, 1.82) is 0 Å². The highest BCUT2D eigenvalue weighted by molar-refractivity contribution is 5.00. The van der Waals surface area contributed by atoms with E-state index in [1.807, 2.05) is 0 Å². The molecule has 0 radical (unpaired) electrons. The molecule has 2 heteroatoms. The lowest BCUT2D eigenvalue weighted by Crippen LogP contribution is -2.51. The molecule has 4 unspecified atom stereocenters. The van der Waals surface area contributed by atoms with Crippen LogP contribution in [-0.2, 0) is 4.74 Å². The van der Waals surface area contributed by atoms with Crippen LogP contribution in [0, 0.1) is 23.2 Å². The van der Waals surface area contributed by atoms with Gasteiger partial charge < -0.3 is 9.84 Å². The molecule has 0 aromatic rings. The predicted octanol–water partition coefficient (Wildman–Crippen LogP) is 4.16. The summed E-state index contributed by atoms with van der Waals surface area (Å²) in [6.07, 6.45) is 9.71. The van der Waals surface area contributed by atoms with E-state index in [2.05, 4.69) is 20.8 Å². The first kappa shape index (κ1) is 14.8. The molecule has 2 nitrogen and oxygen atoms in total. The van der Waals surface area contributed by atoms with Gasteiger partial charge in [-0.15, -0.1) is 0 Å². The van der Waals surface area contributed by atoms with Crippen molar-refractivity contribution in [2.45, 2.75) is 83.8 Å². The van der Waals surface area contributed by atoms with Gasteiger partial charge in [0.2, 0.25) is 0 Å². The van der Waals surface area contributed by atoms with E-state index >= 15 is 0 Å². The van der Waals surface area contributed by atoms with E-state index in [0.717, 1.165) is 18.9 Å². The van der Waals surface area contributed by atoms with E-state index in [-0.39, 0.29) is 17.1 Å². The van der Waals surface area contributed by atoms with Crippen molar-refractivity contribution in [3.05, 3.63) is 0 Å². The fourth-order valence-corrected chi connectivity index (χ4v) is 5.10. The van der Waals surface area contributed by atoms with Gasteiger partial charge in [-0.1, -0.05) is 27.2 Å². The fourth-order valence-electron chi connectivity index (χ4n) is 5.10. The third kappa shape index (κ3) is 2.54. The number of hydrogen-bond acceptors (Lipinski definition) is 2. The van der Waals surface area contributed by atoms with E-state index in [4.69, 9.17) is 4.74 Å². The minimum absolute atomic E-state index is 0.0889. The van der Waals surface area contributed by atoms with Crippen LogP contribution in [-0.4, -0.2) is 23.4 Å². The molecule has 1 spiro atoms. The lowest BCUT2D eigenvalue weighted by molar-refractivity contribution is -0.169. The monoisotopic (exact) mass is 280 g/mol. The number of rotatable bonds is 2. The van der Waals surface area contributed by atoms with Gasteiger partial charge in [0.25, 0.3) is 0 Å². The summed E-state index contributed by atoms with van der Waals surface area (Å²) < 4.78 is 6.10. The van der Waals surface area contributed by atoms with E-state index in [0.29, 0.717) is 11.8 Å². The molecule has 3 fully saturated rings. The Bertz CT molecular complexity index is 345. The zero-order chi connectivity index (χ0) is 14.4. The van der Waals surface area contributed by atoms with Crippen LogP contribution < -0.4 is 0 Å². The molecule has 3 aliphatic rings. The van der Waals surface area contributed by atoms with Crippen molar-refractivity contribution in [2.24, 2.45) is 23.2 Å². The smallest absolute Gasteiger partial charge is 0.0685 e. The Morgan fingerprint density at radius 2 is 1.90 bits per heavy atom. The van der Waals surface area contributed by atoms with Crippen molar-refractivity contribution in [3.63, 3.8) is 0 Å². The highest BCUT2D eigenvalue weighted by Gasteiger charge is 2.49. The van der Waals surface area contributed by atoms with Gasteiger partial charge in [-0.3, -0.25) is 0 Å². The molecule has 0 aromatic carbocycles. The molecule has 20 heavy (non-hydrogen) atoms. The average Bonchev–Trinajstić information content (AvgIpc) is 2.36. The standard InChI is InChI=1S/C18H32O2/c1-13-5-6-15(16(19)11-13)17(2,3)14-7-10-20-18(12-14)8-4-9-18/h13-16,19H,4-12H2,1-3H3. The van der Waals surface area contributed by atoms with Gasteiger partial charge in [0.05, 0.1) is 11.7 Å². The zero-order valence-corrected chi connectivity index (χ0v) is 13.5. The first-order valence-corrected chi connectivity index (χ1v) is 8.75. The summed E-state index contributed by atoms with van der Waals surface area (Å²) in [6.45, 7) is 8.05. The van der Waals surface area contributed by atoms with Crippen molar-refractivity contribution in [1.82, 2.24) is 0 Å². The Morgan fingerprint density at radius 1 is 1.15 bits per heavy atom. The summed E-state index contributed by atoms with van der Waals surface area (Å²) in [7, 11) is 0. The van der Waals surface area contributed by atoms with Gasteiger partial charge in [-0.2, -0.15) is 0 Å². The lowest BCUT2D eigenvalue weighted by Gasteiger charge is -2.54. The molecule has 2 saturated carbocycles. The highest BCUT2D eigenvalue weighted by atomic mass is 16.5. The number of aliphatic hydroxyl groups excluding tert-OH is 1. The topological polar surface area (TPSA) is 29.5 Å². The molecule has 1 saturated heterocycles. The molecular weight excluding hydrogens is 248 g/mol. The second-order valence-corrected chi connectivity index (χ2v) is 8.49. The minimum Gasteiger partial charge on any atom is -0.393 e. The van der Waals surface area contributed by atoms with Crippen LogP contribution in [0.3, 0.4) is 0 Å². The Hall–Kier alpha value is -0.0800. The lowest BCUT2D eigenvalue weighted by atomic mass is 9.57.